The minimum absolute atomic E-state index is 0.153. The summed E-state index contributed by atoms with van der Waals surface area (Å²) in [5.74, 6) is -1.15. The van der Waals surface area contributed by atoms with E-state index in [4.69, 9.17) is 0 Å². The zero-order valence-electron chi connectivity index (χ0n) is 5.64. The molecule has 0 aromatic heterocycles. The van der Waals surface area contributed by atoms with Crippen molar-refractivity contribution in [3.05, 3.63) is 25.3 Å². The molecule has 2 nitrogen and oxygen atoms in total. The summed E-state index contributed by atoms with van der Waals surface area (Å²) in [5.41, 5.74) is 0.153. The number of carboxylic acid groups (broad SMARTS) is 1. The smallest absolute Gasteiger partial charge is 0.0668 e. The predicted molar refractivity (Wildman–Crippen MR) is 35.7 cm³/mol. The molecule has 0 aromatic carbocycles. The highest BCUT2D eigenvalue weighted by Gasteiger charge is 1.84. The molecule has 0 radical (unpaired) electrons. The third-order valence-electron chi connectivity index (χ3n) is 0.715. The van der Waals surface area contributed by atoms with Gasteiger partial charge in [-0.1, -0.05) is 13.5 Å². The highest BCUT2D eigenvalue weighted by atomic mass is 16.4. The van der Waals surface area contributed by atoms with Crippen molar-refractivity contribution in [2.75, 3.05) is 0 Å². The first kappa shape index (κ1) is 10.8. The Kier molecular flexibility index (Phi) is 8.38. The lowest BCUT2D eigenvalue weighted by Crippen LogP contribution is -2.23. The molecule has 0 bridgehead atoms. The van der Waals surface area contributed by atoms with Crippen molar-refractivity contribution in [2.24, 2.45) is 0 Å². The third-order valence-corrected chi connectivity index (χ3v) is 0.715. The van der Waals surface area contributed by atoms with Crippen molar-refractivity contribution in [1.29, 1.82) is 0 Å². The van der Waals surface area contributed by atoms with Crippen LogP contribution in [0.4, 0.5) is 0 Å². The van der Waals surface area contributed by atoms with Crippen LogP contribution in [0.5, 0.6) is 0 Å². The van der Waals surface area contributed by atoms with Gasteiger partial charge in [-0.05, 0) is 12.0 Å². The van der Waals surface area contributed by atoms with E-state index < -0.39 is 5.97 Å². The Bertz CT molecular complexity index is 105. The van der Waals surface area contributed by atoms with Crippen LogP contribution >= 0.6 is 0 Å². The molecule has 0 heterocycles. The molecule has 0 unspecified atom stereocenters. The molecule has 0 atom stereocenters. The number of carboxylic acids is 1. The van der Waals surface area contributed by atoms with E-state index >= 15 is 0 Å². The van der Waals surface area contributed by atoms with Crippen LogP contribution in [0, 0.1) is 0 Å². The number of carbonyl (C=O) groups excluding carboxylic acids is 1. The molecule has 0 aliphatic heterocycles. The highest BCUT2D eigenvalue weighted by molar-refractivity contribution is 5.83. The van der Waals surface area contributed by atoms with Crippen LogP contribution in [0.1, 0.15) is 13.3 Å². The number of hydrogen-bond acceptors (Lipinski definition) is 2. The second-order valence-corrected chi connectivity index (χ2v) is 1.24. The maximum atomic E-state index is 9.72. The van der Waals surface area contributed by atoms with Crippen LogP contribution in [-0.2, 0) is 4.79 Å². The lowest BCUT2D eigenvalue weighted by Gasteiger charge is -1.98. The van der Waals surface area contributed by atoms with Crippen molar-refractivity contribution in [1.82, 2.24) is 0 Å². The van der Waals surface area contributed by atoms with E-state index in [1.165, 1.54) is 0 Å². The average molecular weight is 127 g/mol. The topological polar surface area (TPSA) is 40.1 Å². The minimum atomic E-state index is -1.15. The molecule has 0 saturated heterocycles. The second kappa shape index (κ2) is 6.95. The van der Waals surface area contributed by atoms with Gasteiger partial charge >= 0.3 is 0 Å². The van der Waals surface area contributed by atoms with Crippen molar-refractivity contribution >= 4 is 5.97 Å². The molecule has 0 spiro atoms. The quantitative estimate of drug-likeness (QED) is 0.400. The fourth-order valence-electron chi connectivity index (χ4n) is 0.144. The molecule has 0 aliphatic carbocycles. The van der Waals surface area contributed by atoms with Gasteiger partial charge in [0.25, 0.3) is 0 Å². The largest absolute Gasteiger partial charge is 0.545 e. The molecule has 0 amide bonds. The summed E-state index contributed by atoms with van der Waals surface area (Å²) in [5, 5.41) is 9.72. The summed E-state index contributed by atoms with van der Waals surface area (Å²) in [7, 11) is 0. The van der Waals surface area contributed by atoms with Gasteiger partial charge in [-0.3, -0.25) is 0 Å². The van der Waals surface area contributed by atoms with Crippen molar-refractivity contribution in [3.63, 3.8) is 0 Å². The molecule has 52 valence electrons. The number of hydrogen-bond donors (Lipinski definition) is 0. The van der Waals surface area contributed by atoms with Gasteiger partial charge in [0, 0.05) is 0 Å². The Morgan fingerprint density at radius 3 is 1.89 bits per heavy atom. The molecule has 0 aliphatic rings. The first-order chi connectivity index (χ1) is 4.18. The molecular formula is C7H11O2-. The van der Waals surface area contributed by atoms with Gasteiger partial charge < -0.3 is 9.90 Å². The number of carbonyl (C=O) groups is 1. The lowest BCUT2D eigenvalue weighted by molar-refractivity contribution is -0.299. The molecule has 9 heavy (non-hydrogen) atoms. The van der Waals surface area contributed by atoms with Crippen molar-refractivity contribution in [2.45, 2.75) is 13.3 Å². The SMILES string of the molecule is C=C.C=C(CC)C(=O)[O-]. The van der Waals surface area contributed by atoms with Crippen LogP contribution in [0.15, 0.2) is 25.3 Å². The van der Waals surface area contributed by atoms with Crippen LogP contribution in [0.2, 0.25) is 0 Å². The zero-order valence-corrected chi connectivity index (χ0v) is 5.64. The first-order valence-corrected chi connectivity index (χ1v) is 2.57. The van der Waals surface area contributed by atoms with Gasteiger partial charge in [0.2, 0.25) is 0 Å². The summed E-state index contributed by atoms with van der Waals surface area (Å²) in [6.45, 7) is 10.9. The second-order valence-electron chi connectivity index (χ2n) is 1.24. The van der Waals surface area contributed by atoms with E-state index in [0.29, 0.717) is 6.42 Å². The Hall–Kier alpha value is -1.05. The van der Waals surface area contributed by atoms with E-state index in [-0.39, 0.29) is 5.57 Å². The average Bonchev–Trinajstić information content (AvgIpc) is 1.91. The van der Waals surface area contributed by atoms with E-state index in [2.05, 4.69) is 19.7 Å². The van der Waals surface area contributed by atoms with Gasteiger partial charge in [0.1, 0.15) is 0 Å². The maximum absolute atomic E-state index is 9.72. The normalized spacial score (nSPS) is 6.78. The predicted octanol–water partition coefficient (Wildman–Crippen LogP) is 0.505. The fraction of sp³-hybridized carbons (Fsp3) is 0.286. The summed E-state index contributed by atoms with van der Waals surface area (Å²) < 4.78 is 0. The van der Waals surface area contributed by atoms with E-state index in [0.717, 1.165) is 0 Å². The van der Waals surface area contributed by atoms with E-state index in [1.54, 1.807) is 6.92 Å². The standard InChI is InChI=1S/C5H8O2.C2H4/c1-3-4(2)5(6)7;1-2/h2-3H2,1H3,(H,6,7);1-2H2/p-1. The van der Waals surface area contributed by atoms with Crippen molar-refractivity contribution in [3.8, 4) is 0 Å². The molecule has 2 heteroatoms. The minimum Gasteiger partial charge on any atom is -0.545 e. The maximum Gasteiger partial charge on any atom is 0.0668 e. The first-order valence-electron chi connectivity index (χ1n) is 2.57. The lowest BCUT2D eigenvalue weighted by atomic mass is 10.2. The molecule has 0 aromatic rings. The fourth-order valence-corrected chi connectivity index (χ4v) is 0.144. The molecule has 0 saturated carbocycles. The summed E-state index contributed by atoms with van der Waals surface area (Å²) in [6, 6.07) is 0. The van der Waals surface area contributed by atoms with Crippen LogP contribution in [0.3, 0.4) is 0 Å². The summed E-state index contributed by atoms with van der Waals surface area (Å²) >= 11 is 0. The zero-order chi connectivity index (χ0) is 7.86. The number of rotatable bonds is 2. The van der Waals surface area contributed by atoms with Crippen LogP contribution in [0.25, 0.3) is 0 Å². The summed E-state index contributed by atoms with van der Waals surface area (Å²) in [6.07, 6.45) is 0.461. The van der Waals surface area contributed by atoms with Gasteiger partial charge in [-0.15, -0.1) is 13.2 Å². The van der Waals surface area contributed by atoms with Gasteiger partial charge in [0.05, 0.1) is 5.97 Å². The molecular weight excluding hydrogens is 116 g/mol. The van der Waals surface area contributed by atoms with Crippen LogP contribution in [-0.4, -0.2) is 5.97 Å². The molecule has 0 rings (SSSR count). The third kappa shape index (κ3) is 6.95. The molecule has 0 fully saturated rings. The summed E-state index contributed by atoms with van der Waals surface area (Å²) in [4.78, 5) is 9.72. The van der Waals surface area contributed by atoms with Crippen LogP contribution < -0.4 is 5.11 Å². The van der Waals surface area contributed by atoms with E-state index in [1.807, 2.05) is 0 Å². The van der Waals surface area contributed by atoms with Crippen molar-refractivity contribution < 1.29 is 9.90 Å². The van der Waals surface area contributed by atoms with Gasteiger partial charge in [-0.2, -0.15) is 0 Å². The van der Waals surface area contributed by atoms with Gasteiger partial charge in [-0.25, -0.2) is 0 Å². The molecule has 0 N–H and O–H groups in total. The van der Waals surface area contributed by atoms with E-state index in [9.17, 15) is 9.90 Å². The Morgan fingerprint density at radius 1 is 1.56 bits per heavy atom. The Balaban J connectivity index is 0. The Labute approximate surface area is 55.5 Å². The number of aliphatic carboxylic acids is 1. The highest BCUT2D eigenvalue weighted by Crippen LogP contribution is 1.90. The monoisotopic (exact) mass is 127 g/mol. The van der Waals surface area contributed by atoms with Gasteiger partial charge in [0.15, 0.2) is 0 Å². The Morgan fingerprint density at radius 2 is 1.89 bits per heavy atom.